The lowest BCUT2D eigenvalue weighted by Gasteiger charge is -2.12. The molecule has 0 atom stereocenters. The molecule has 0 aromatic heterocycles. The van der Waals surface area contributed by atoms with E-state index in [9.17, 15) is 21.6 Å². The van der Waals surface area contributed by atoms with Gasteiger partial charge in [-0.2, -0.15) is 18.4 Å². The summed E-state index contributed by atoms with van der Waals surface area (Å²) < 4.78 is 70.1. The van der Waals surface area contributed by atoms with Crippen molar-refractivity contribution in [3.63, 3.8) is 0 Å². The number of hydrogen-bond acceptors (Lipinski definition) is 4. The van der Waals surface area contributed by atoms with Crippen molar-refractivity contribution in [2.45, 2.75) is 18.0 Å². The van der Waals surface area contributed by atoms with Crippen LogP contribution in [0.25, 0.3) is 0 Å². The van der Waals surface area contributed by atoms with E-state index in [-0.39, 0.29) is 21.9 Å². The van der Waals surface area contributed by atoms with E-state index in [1.54, 1.807) is 6.92 Å². The minimum Gasteiger partial charge on any atom is -0.492 e. The number of alkyl halides is 3. The average Bonchev–Trinajstić information content (AvgIpc) is 2.54. The fraction of sp³-hybridized carbons (Fsp3) is 0.188. The molecule has 0 aliphatic carbocycles. The van der Waals surface area contributed by atoms with Crippen LogP contribution in [0.15, 0.2) is 47.4 Å². The normalized spacial score (nSPS) is 11.6. The molecule has 0 heterocycles. The molecule has 0 saturated heterocycles. The molecular weight excluding hydrogens is 357 g/mol. The number of nitriles is 1. The standard InChI is InChI=1S/C16H13F3N2O3S/c1-2-24-15-7-6-14(8-11(15)10-20)25(22,23)21-13-5-3-4-12(9-13)16(17,18)19/h3-9,21H,2H2,1H3. The number of rotatable bonds is 5. The van der Waals surface area contributed by atoms with Crippen molar-refractivity contribution in [3.8, 4) is 11.8 Å². The van der Waals surface area contributed by atoms with Gasteiger partial charge in [-0.15, -0.1) is 0 Å². The van der Waals surface area contributed by atoms with Crippen LogP contribution in [0.5, 0.6) is 5.75 Å². The van der Waals surface area contributed by atoms with Crippen LogP contribution < -0.4 is 9.46 Å². The molecule has 2 aromatic rings. The van der Waals surface area contributed by atoms with E-state index in [2.05, 4.69) is 4.72 Å². The molecule has 0 unspecified atom stereocenters. The number of nitrogens with zero attached hydrogens (tertiary/aromatic N) is 1. The van der Waals surface area contributed by atoms with Crippen LogP contribution in [0.1, 0.15) is 18.1 Å². The number of halogens is 3. The summed E-state index contributed by atoms with van der Waals surface area (Å²) in [5.41, 5.74) is -1.20. The summed E-state index contributed by atoms with van der Waals surface area (Å²) >= 11 is 0. The third-order valence-corrected chi connectivity index (χ3v) is 4.50. The van der Waals surface area contributed by atoms with Crippen molar-refractivity contribution in [3.05, 3.63) is 53.6 Å². The number of nitrogens with one attached hydrogen (secondary N) is 1. The largest absolute Gasteiger partial charge is 0.492 e. The summed E-state index contributed by atoms with van der Waals surface area (Å²) in [6.07, 6.45) is -4.59. The highest BCUT2D eigenvalue weighted by Crippen LogP contribution is 2.31. The summed E-state index contributed by atoms with van der Waals surface area (Å²) in [5.74, 6) is 0.225. The number of anilines is 1. The van der Waals surface area contributed by atoms with Crippen molar-refractivity contribution >= 4 is 15.7 Å². The van der Waals surface area contributed by atoms with Gasteiger partial charge < -0.3 is 4.74 Å². The topological polar surface area (TPSA) is 79.2 Å². The Bertz CT molecular complexity index is 919. The summed E-state index contributed by atoms with van der Waals surface area (Å²) in [5, 5.41) is 9.08. The molecule has 0 saturated carbocycles. The number of ether oxygens (including phenoxy) is 1. The Kier molecular flexibility index (Phi) is 5.23. The molecule has 0 aliphatic heterocycles. The second kappa shape index (κ2) is 7.03. The van der Waals surface area contributed by atoms with Crippen molar-refractivity contribution in [1.82, 2.24) is 0 Å². The van der Waals surface area contributed by atoms with Gasteiger partial charge in [-0.3, -0.25) is 4.72 Å². The van der Waals surface area contributed by atoms with Crippen molar-refractivity contribution in [2.24, 2.45) is 0 Å². The van der Waals surface area contributed by atoms with Crippen LogP contribution in [0.2, 0.25) is 0 Å². The van der Waals surface area contributed by atoms with Crippen molar-refractivity contribution in [1.29, 1.82) is 5.26 Å². The minimum absolute atomic E-state index is 0.00812. The minimum atomic E-state index is -4.59. The second-order valence-corrected chi connectivity index (χ2v) is 6.57. The molecule has 2 aromatic carbocycles. The molecule has 9 heteroatoms. The van der Waals surface area contributed by atoms with Gasteiger partial charge in [0.2, 0.25) is 0 Å². The highest BCUT2D eigenvalue weighted by molar-refractivity contribution is 7.92. The molecule has 132 valence electrons. The van der Waals surface area contributed by atoms with Crippen LogP contribution in [0.4, 0.5) is 18.9 Å². The molecule has 0 spiro atoms. The third-order valence-electron chi connectivity index (χ3n) is 3.12. The van der Waals surface area contributed by atoms with E-state index >= 15 is 0 Å². The van der Waals surface area contributed by atoms with Crippen LogP contribution in [0, 0.1) is 11.3 Å². The van der Waals surface area contributed by atoms with Gasteiger partial charge in [0.1, 0.15) is 11.8 Å². The van der Waals surface area contributed by atoms with Crippen LogP contribution >= 0.6 is 0 Å². The van der Waals surface area contributed by atoms with E-state index < -0.39 is 21.8 Å². The van der Waals surface area contributed by atoms with Gasteiger partial charge in [0.05, 0.1) is 22.6 Å². The first-order valence-electron chi connectivity index (χ1n) is 7.04. The number of sulfonamides is 1. The Labute approximate surface area is 142 Å². The lowest BCUT2D eigenvalue weighted by Crippen LogP contribution is -2.14. The molecule has 25 heavy (non-hydrogen) atoms. The van der Waals surface area contributed by atoms with Gasteiger partial charge >= 0.3 is 6.18 Å². The van der Waals surface area contributed by atoms with E-state index in [1.165, 1.54) is 18.2 Å². The maximum absolute atomic E-state index is 12.7. The summed E-state index contributed by atoms with van der Waals surface area (Å²) in [4.78, 5) is -0.259. The van der Waals surface area contributed by atoms with E-state index in [0.29, 0.717) is 12.7 Å². The van der Waals surface area contributed by atoms with Crippen LogP contribution in [0.3, 0.4) is 0 Å². The molecule has 2 rings (SSSR count). The maximum atomic E-state index is 12.7. The van der Waals surface area contributed by atoms with Gasteiger partial charge in [-0.05, 0) is 43.3 Å². The van der Waals surface area contributed by atoms with E-state index in [4.69, 9.17) is 10.00 Å². The third kappa shape index (κ3) is 4.42. The predicted molar refractivity (Wildman–Crippen MR) is 84.6 cm³/mol. The number of hydrogen-bond donors (Lipinski definition) is 1. The average molecular weight is 370 g/mol. The fourth-order valence-electron chi connectivity index (χ4n) is 2.02. The molecule has 0 amide bonds. The van der Waals surface area contributed by atoms with Gasteiger partial charge in [0.15, 0.2) is 0 Å². The lowest BCUT2D eigenvalue weighted by molar-refractivity contribution is -0.137. The first-order valence-corrected chi connectivity index (χ1v) is 8.52. The SMILES string of the molecule is CCOc1ccc(S(=O)(=O)Nc2cccc(C(F)(F)F)c2)cc1C#N. The van der Waals surface area contributed by atoms with Gasteiger partial charge in [-0.25, -0.2) is 8.42 Å². The van der Waals surface area contributed by atoms with Crippen LogP contribution in [-0.2, 0) is 16.2 Å². The summed E-state index contributed by atoms with van der Waals surface area (Å²) in [6, 6.07) is 9.28. The Morgan fingerprint density at radius 1 is 1.20 bits per heavy atom. The highest BCUT2D eigenvalue weighted by atomic mass is 32.2. The monoisotopic (exact) mass is 370 g/mol. The molecule has 0 radical (unpaired) electrons. The Morgan fingerprint density at radius 2 is 1.92 bits per heavy atom. The smallest absolute Gasteiger partial charge is 0.416 e. The first kappa shape index (κ1) is 18.6. The fourth-order valence-corrected chi connectivity index (χ4v) is 3.09. The van der Waals surface area contributed by atoms with Crippen molar-refractivity contribution in [2.75, 3.05) is 11.3 Å². The molecule has 5 nitrogen and oxygen atoms in total. The Hall–Kier alpha value is -2.73. The Balaban J connectivity index is 2.36. The van der Waals surface area contributed by atoms with Crippen LogP contribution in [-0.4, -0.2) is 15.0 Å². The van der Waals surface area contributed by atoms with E-state index in [0.717, 1.165) is 18.2 Å². The molecular formula is C16H13F3N2O3S. The molecule has 0 aliphatic rings. The second-order valence-electron chi connectivity index (χ2n) is 4.89. The zero-order valence-electron chi connectivity index (χ0n) is 13.0. The van der Waals surface area contributed by atoms with Crippen molar-refractivity contribution < 1.29 is 26.3 Å². The van der Waals surface area contributed by atoms with Gasteiger partial charge in [0, 0.05) is 5.69 Å². The van der Waals surface area contributed by atoms with Gasteiger partial charge in [0.25, 0.3) is 10.0 Å². The summed E-state index contributed by atoms with van der Waals surface area (Å²) in [6.45, 7) is 2.00. The Morgan fingerprint density at radius 3 is 2.52 bits per heavy atom. The van der Waals surface area contributed by atoms with E-state index in [1.807, 2.05) is 6.07 Å². The maximum Gasteiger partial charge on any atom is 0.416 e. The predicted octanol–water partition coefficient (Wildman–Crippen LogP) is 3.78. The quantitative estimate of drug-likeness (QED) is 0.869. The lowest BCUT2D eigenvalue weighted by atomic mass is 10.2. The molecule has 0 bridgehead atoms. The highest BCUT2D eigenvalue weighted by Gasteiger charge is 2.30. The summed E-state index contributed by atoms with van der Waals surface area (Å²) in [7, 11) is -4.16. The first-order chi connectivity index (χ1) is 11.7. The van der Waals surface area contributed by atoms with Gasteiger partial charge in [-0.1, -0.05) is 6.07 Å². The zero-order chi connectivity index (χ0) is 18.7. The zero-order valence-corrected chi connectivity index (χ0v) is 13.8. The molecule has 1 N–H and O–H groups in total. The molecule has 0 fully saturated rings. The number of benzene rings is 2.